The van der Waals surface area contributed by atoms with E-state index in [9.17, 15) is 9.90 Å². The average Bonchev–Trinajstić information content (AvgIpc) is 2.80. The van der Waals surface area contributed by atoms with Crippen LogP contribution in [0, 0.1) is 0 Å². The number of carbonyl (C=O) groups is 1. The molecular formula is C14H18N2O3. The molecule has 1 fully saturated rings. The van der Waals surface area contributed by atoms with Crippen molar-refractivity contribution in [2.24, 2.45) is 0 Å². The van der Waals surface area contributed by atoms with Crippen molar-refractivity contribution in [1.29, 1.82) is 0 Å². The minimum atomic E-state index is -0.00935. The molecule has 0 aliphatic carbocycles. The highest BCUT2D eigenvalue weighted by Gasteiger charge is 2.24. The third-order valence-corrected chi connectivity index (χ3v) is 3.80. The number of nitrogens with zero attached hydrogens (tertiary/aromatic N) is 1. The molecule has 102 valence electrons. The second-order valence-corrected chi connectivity index (χ2v) is 4.99. The molecule has 0 radical (unpaired) electrons. The van der Waals surface area contributed by atoms with Gasteiger partial charge in [-0.15, -0.1) is 0 Å². The molecule has 5 heteroatoms. The minimum absolute atomic E-state index is 0.00935. The molecular weight excluding hydrogens is 244 g/mol. The molecule has 2 aliphatic heterocycles. The lowest BCUT2D eigenvalue weighted by atomic mass is 10.0. The van der Waals surface area contributed by atoms with Crippen LogP contribution in [0.2, 0.25) is 0 Å². The van der Waals surface area contributed by atoms with Crippen molar-refractivity contribution >= 4 is 11.6 Å². The summed E-state index contributed by atoms with van der Waals surface area (Å²) in [6, 6.07) is 5.94. The van der Waals surface area contributed by atoms with Crippen LogP contribution in [-0.4, -0.2) is 48.8 Å². The van der Waals surface area contributed by atoms with Gasteiger partial charge < -0.3 is 15.2 Å². The molecule has 0 spiro atoms. The summed E-state index contributed by atoms with van der Waals surface area (Å²) >= 11 is 0. The highest BCUT2D eigenvalue weighted by Crippen LogP contribution is 2.29. The first-order chi connectivity index (χ1) is 9.28. The summed E-state index contributed by atoms with van der Waals surface area (Å²) in [5.74, 6) is 0.0408. The Kier molecular flexibility index (Phi) is 3.50. The lowest BCUT2D eigenvalue weighted by molar-refractivity contribution is -0.115. The molecule has 0 aromatic heterocycles. The molecule has 1 aromatic rings. The van der Waals surface area contributed by atoms with E-state index in [1.165, 1.54) is 0 Å². The van der Waals surface area contributed by atoms with Gasteiger partial charge in [0.15, 0.2) is 0 Å². The summed E-state index contributed by atoms with van der Waals surface area (Å²) in [6.07, 6.45) is 0.435. The predicted molar refractivity (Wildman–Crippen MR) is 71.0 cm³/mol. The van der Waals surface area contributed by atoms with Crippen LogP contribution in [0.4, 0.5) is 5.69 Å². The molecule has 2 aliphatic rings. The highest BCUT2D eigenvalue weighted by atomic mass is 16.5. The van der Waals surface area contributed by atoms with Gasteiger partial charge in [-0.25, -0.2) is 0 Å². The van der Waals surface area contributed by atoms with Crippen LogP contribution in [0.3, 0.4) is 0 Å². The summed E-state index contributed by atoms with van der Waals surface area (Å²) in [6.45, 7) is 3.17. The number of ether oxygens (including phenoxy) is 1. The maximum atomic E-state index is 11.4. The molecule has 1 amide bonds. The Bertz CT molecular complexity index is 484. The first-order valence-corrected chi connectivity index (χ1v) is 6.63. The molecule has 2 heterocycles. The quantitative estimate of drug-likeness (QED) is 0.835. The van der Waals surface area contributed by atoms with Crippen LogP contribution in [0.1, 0.15) is 17.2 Å². The molecule has 2 N–H and O–H groups in total. The number of amides is 1. The Morgan fingerprint density at radius 3 is 2.89 bits per heavy atom. The zero-order valence-corrected chi connectivity index (χ0v) is 10.8. The first kappa shape index (κ1) is 12.6. The van der Waals surface area contributed by atoms with Gasteiger partial charge >= 0.3 is 0 Å². The summed E-state index contributed by atoms with van der Waals surface area (Å²) in [5.41, 5.74) is 2.99. The molecule has 3 rings (SSSR count). The van der Waals surface area contributed by atoms with Gasteiger partial charge in [-0.2, -0.15) is 0 Å². The number of fused-ring (bicyclic) bond motifs is 1. The second-order valence-electron chi connectivity index (χ2n) is 4.99. The van der Waals surface area contributed by atoms with E-state index in [0.29, 0.717) is 19.6 Å². The fourth-order valence-corrected chi connectivity index (χ4v) is 2.78. The van der Waals surface area contributed by atoms with Gasteiger partial charge in [-0.05, 0) is 17.2 Å². The number of hydrogen-bond donors (Lipinski definition) is 2. The van der Waals surface area contributed by atoms with E-state index in [0.717, 1.165) is 29.9 Å². The number of carbonyl (C=O) groups excluding carboxylic acids is 1. The zero-order valence-electron chi connectivity index (χ0n) is 10.8. The first-order valence-electron chi connectivity index (χ1n) is 6.63. The lowest BCUT2D eigenvalue weighted by Gasteiger charge is -2.33. The van der Waals surface area contributed by atoms with Crippen molar-refractivity contribution in [3.63, 3.8) is 0 Å². The number of rotatable bonds is 3. The molecule has 0 saturated carbocycles. The summed E-state index contributed by atoms with van der Waals surface area (Å²) in [5, 5.41) is 12.5. The van der Waals surface area contributed by atoms with E-state index >= 15 is 0 Å². The van der Waals surface area contributed by atoms with E-state index in [-0.39, 0.29) is 18.6 Å². The molecule has 0 bridgehead atoms. The van der Waals surface area contributed by atoms with Crippen molar-refractivity contribution < 1.29 is 14.6 Å². The highest BCUT2D eigenvalue weighted by molar-refractivity contribution is 5.99. The van der Waals surface area contributed by atoms with Gasteiger partial charge in [0.25, 0.3) is 0 Å². The number of aliphatic hydroxyl groups is 1. The Labute approximate surface area is 112 Å². The zero-order chi connectivity index (χ0) is 13.2. The Morgan fingerprint density at radius 2 is 2.16 bits per heavy atom. The average molecular weight is 262 g/mol. The van der Waals surface area contributed by atoms with E-state index in [1.807, 2.05) is 18.2 Å². The van der Waals surface area contributed by atoms with Crippen LogP contribution >= 0.6 is 0 Å². The normalized spacial score (nSPS) is 21.0. The molecule has 1 unspecified atom stereocenters. The number of anilines is 1. The summed E-state index contributed by atoms with van der Waals surface area (Å²) in [7, 11) is 0. The number of benzene rings is 1. The van der Waals surface area contributed by atoms with Crippen molar-refractivity contribution in [2.75, 3.05) is 38.2 Å². The fourth-order valence-electron chi connectivity index (χ4n) is 2.78. The van der Waals surface area contributed by atoms with Gasteiger partial charge in [-0.1, -0.05) is 12.1 Å². The molecule has 1 aromatic carbocycles. The smallest absolute Gasteiger partial charge is 0.228 e. The standard InChI is InChI=1S/C14H18N2O3/c17-9-13(16-3-5-19-6-4-16)10-1-2-12-11(7-10)8-14(18)15-12/h1-2,7,13,17H,3-6,8-9H2,(H,15,18). The van der Waals surface area contributed by atoms with Gasteiger partial charge in [-0.3, -0.25) is 9.69 Å². The topological polar surface area (TPSA) is 61.8 Å². The van der Waals surface area contributed by atoms with E-state index in [1.54, 1.807) is 0 Å². The molecule has 1 atom stereocenters. The second kappa shape index (κ2) is 5.28. The van der Waals surface area contributed by atoms with Crippen molar-refractivity contribution in [1.82, 2.24) is 4.90 Å². The predicted octanol–water partition coefficient (Wildman–Crippen LogP) is 0.547. The molecule has 1 saturated heterocycles. The van der Waals surface area contributed by atoms with Crippen LogP contribution in [0.5, 0.6) is 0 Å². The van der Waals surface area contributed by atoms with Crippen molar-refractivity contribution in [2.45, 2.75) is 12.5 Å². The van der Waals surface area contributed by atoms with Crippen LogP contribution in [0.25, 0.3) is 0 Å². The Morgan fingerprint density at radius 1 is 1.37 bits per heavy atom. The van der Waals surface area contributed by atoms with Gasteiger partial charge in [0.1, 0.15) is 0 Å². The van der Waals surface area contributed by atoms with Gasteiger partial charge in [0.2, 0.25) is 5.91 Å². The largest absolute Gasteiger partial charge is 0.394 e. The third-order valence-electron chi connectivity index (χ3n) is 3.80. The summed E-state index contributed by atoms with van der Waals surface area (Å²) < 4.78 is 5.34. The maximum Gasteiger partial charge on any atom is 0.228 e. The Hall–Kier alpha value is -1.43. The number of aliphatic hydroxyl groups excluding tert-OH is 1. The molecule has 5 nitrogen and oxygen atoms in total. The van der Waals surface area contributed by atoms with Crippen LogP contribution < -0.4 is 5.32 Å². The lowest BCUT2D eigenvalue weighted by Crippen LogP contribution is -2.40. The Balaban J connectivity index is 1.83. The fraction of sp³-hybridized carbons (Fsp3) is 0.500. The van der Waals surface area contributed by atoms with Crippen LogP contribution in [0.15, 0.2) is 18.2 Å². The SMILES string of the molecule is O=C1Cc2cc(C(CO)N3CCOCC3)ccc2N1. The van der Waals surface area contributed by atoms with E-state index < -0.39 is 0 Å². The number of hydrogen-bond acceptors (Lipinski definition) is 4. The van der Waals surface area contributed by atoms with Crippen molar-refractivity contribution in [3.8, 4) is 0 Å². The van der Waals surface area contributed by atoms with Crippen molar-refractivity contribution in [3.05, 3.63) is 29.3 Å². The van der Waals surface area contributed by atoms with E-state index in [4.69, 9.17) is 4.74 Å². The minimum Gasteiger partial charge on any atom is -0.394 e. The summed E-state index contributed by atoms with van der Waals surface area (Å²) in [4.78, 5) is 13.6. The van der Waals surface area contributed by atoms with E-state index in [2.05, 4.69) is 10.2 Å². The van der Waals surface area contributed by atoms with Gasteiger partial charge in [0, 0.05) is 18.8 Å². The monoisotopic (exact) mass is 262 g/mol. The third kappa shape index (κ3) is 2.49. The number of morpholine rings is 1. The maximum absolute atomic E-state index is 11.4. The van der Waals surface area contributed by atoms with Crippen LogP contribution in [-0.2, 0) is 16.0 Å². The number of nitrogens with one attached hydrogen (secondary N) is 1. The molecule has 19 heavy (non-hydrogen) atoms. The van der Waals surface area contributed by atoms with Gasteiger partial charge in [0.05, 0.1) is 32.3 Å².